The third-order valence-electron chi connectivity index (χ3n) is 6.30. The Labute approximate surface area is 212 Å². The lowest BCUT2D eigenvalue weighted by Crippen LogP contribution is -2.60. The van der Waals surface area contributed by atoms with Crippen molar-refractivity contribution < 1.29 is 34.1 Å². The molecule has 9 nitrogen and oxygen atoms in total. The van der Waals surface area contributed by atoms with Gasteiger partial charge in [-0.05, 0) is 49.1 Å². The number of likely N-dealkylation sites (tertiary alicyclic amines) is 1. The number of piperidine rings is 1. The maximum atomic E-state index is 13.0. The van der Waals surface area contributed by atoms with Crippen LogP contribution in [0.4, 0.5) is 5.69 Å². The molecule has 1 heterocycles. The van der Waals surface area contributed by atoms with Crippen LogP contribution in [-0.4, -0.2) is 79.0 Å². The van der Waals surface area contributed by atoms with Crippen LogP contribution in [-0.2, 0) is 25.5 Å². The Morgan fingerprint density at radius 1 is 0.944 bits per heavy atom. The van der Waals surface area contributed by atoms with Gasteiger partial charge < -0.3 is 29.5 Å². The fourth-order valence-electron chi connectivity index (χ4n) is 4.39. The van der Waals surface area contributed by atoms with E-state index in [1.165, 1.54) is 5.56 Å². The molecule has 0 aliphatic carbocycles. The van der Waals surface area contributed by atoms with Crippen molar-refractivity contribution in [2.24, 2.45) is 0 Å². The number of carbonyl (C=O) groups is 3. The summed E-state index contributed by atoms with van der Waals surface area (Å²) in [6.07, 6.45) is 3.31. The van der Waals surface area contributed by atoms with Gasteiger partial charge in [0, 0.05) is 38.9 Å². The molecule has 9 heteroatoms. The zero-order valence-corrected chi connectivity index (χ0v) is 21.2. The van der Waals surface area contributed by atoms with Crippen LogP contribution >= 0.6 is 0 Å². The van der Waals surface area contributed by atoms with Gasteiger partial charge in [-0.2, -0.15) is 0 Å². The van der Waals surface area contributed by atoms with E-state index in [4.69, 9.17) is 29.3 Å². The average molecular weight is 501 g/mol. The first-order valence-corrected chi connectivity index (χ1v) is 11.9. The Morgan fingerprint density at radius 3 is 2.00 bits per heavy atom. The smallest absolute Gasteiger partial charge is 0.414 e. The predicted octanol–water partition coefficient (Wildman–Crippen LogP) is 3.32. The maximum absolute atomic E-state index is 13.0. The van der Waals surface area contributed by atoms with Crippen LogP contribution in [0.1, 0.15) is 31.7 Å². The Bertz CT molecular complexity index is 959. The number of rotatable bonds is 9. The molecule has 1 aliphatic rings. The van der Waals surface area contributed by atoms with Gasteiger partial charge in [0.25, 0.3) is 0 Å². The SMILES string of the molecule is CCC(=O)N(c1ccccc1)C1(COC)CCN(CCc2ccc(OC)cc2)CC1.O=C(O)C(=O)O. The van der Waals surface area contributed by atoms with Gasteiger partial charge >= 0.3 is 11.9 Å². The Kier molecular flexibility index (Phi) is 11.4. The number of methoxy groups -OCH3 is 2. The van der Waals surface area contributed by atoms with Crippen molar-refractivity contribution in [1.29, 1.82) is 0 Å². The lowest BCUT2D eigenvalue weighted by Gasteiger charge is -2.48. The van der Waals surface area contributed by atoms with Gasteiger partial charge in [0.2, 0.25) is 5.91 Å². The third kappa shape index (κ3) is 8.07. The quantitative estimate of drug-likeness (QED) is 0.504. The topological polar surface area (TPSA) is 117 Å². The summed E-state index contributed by atoms with van der Waals surface area (Å²) in [7, 11) is 3.43. The van der Waals surface area contributed by atoms with Crippen molar-refractivity contribution in [3.63, 3.8) is 0 Å². The van der Waals surface area contributed by atoms with Gasteiger partial charge in [0.15, 0.2) is 0 Å². The standard InChI is InChI=1S/C25H34N2O3.C2H2O4/c1-4-24(28)27(22-8-6-5-7-9-22)25(20-29-2)15-18-26(19-16-25)17-14-21-10-12-23(30-3)13-11-21;3-1(4)2(5)6/h5-13H,4,14-20H2,1-3H3;(H,3,4)(H,5,6). The highest BCUT2D eigenvalue weighted by Crippen LogP contribution is 2.34. The fourth-order valence-corrected chi connectivity index (χ4v) is 4.39. The minimum Gasteiger partial charge on any atom is -0.497 e. The molecule has 1 fully saturated rings. The summed E-state index contributed by atoms with van der Waals surface area (Å²) in [6.45, 7) is 5.42. The van der Waals surface area contributed by atoms with Gasteiger partial charge in [0.1, 0.15) is 5.75 Å². The third-order valence-corrected chi connectivity index (χ3v) is 6.30. The van der Waals surface area contributed by atoms with Crippen LogP contribution in [0.15, 0.2) is 54.6 Å². The minimum atomic E-state index is -1.82. The summed E-state index contributed by atoms with van der Waals surface area (Å²) in [6, 6.07) is 18.3. The first kappa shape index (κ1) is 28.8. The lowest BCUT2D eigenvalue weighted by atomic mass is 9.85. The zero-order chi connectivity index (χ0) is 26.6. The summed E-state index contributed by atoms with van der Waals surface area (Å²) < 4.78 is 10.9. The van der Waals surface area contributed by atoms with Crippen LogP contribution in [0.2, 0.25) is 0 Å². The molecular formula is C27H36N2O7. The summed E-state index contributed by atoms with van der Waals surface area (Å²) in [5.41, 5.74) is 1.99. The molecule has 1 aliphatic heterocycles. The van der Waals surface area contributed by atoms with Gasteiger partial charge in [-0.3, -0.25) is 4.79 Å². The second kappa shape index (κ2) is 14.2. The molecule has 0 bridgehead atoms. The summed E-state index contributed by atoms with van der Waals surface area (Å²) in [4.78, 5) is 35.7. The van der Waals surface area contributed by atoms with Crippen LogP contribution in [0.5, 0.6) is 5.75 Å². The van der Waals surface area contributed by atoms with E-state index in [0.717, 1.165) is 50.3 Å². The Balaban J connectivity index is 0.000000678. The molecule has 36 heavy (non-hydrogen) atoms. The van der Waals surface area contributed by atoms with Crippen molar-refractivity contribution in [3.8, 4) is 5.75 Å². The molecule has 2 N–H and O–H groups in total. The average Bonchev–Trinajstić information content (AvgIpc) is 2.89. The molecule has 2 aromatic carbocycles. The van der Waals surface area contributed by atoms with E-state index >= 15 is 0 Å². The number of benzene rings is 2. The predicted molar refractivity (Wildman–Crippen MR) is 136 cm³/mol. The molecule has 2 aromatic rings. The first-order valence-electron chi connectivity index (χ1n) is 11.9. The van der Waals surface area contributed by atoms with Crippen molar-refractivity contribution in [2.45, 2.75) is 38.1 Å². The second-order valence-electron chi connectivity index (χ2n) is 8.63. The fraction of sp³-hybridized carbons (Fsp3) is 0.444. The van der Waals surface area contributed by atoms with E-state index < -0.39 is 11.9 Å². The van der Waals surface area contributed by atoms with E-state index in [-0.39, 0.29) is 11.4 Å². The molecule has 1 amide bonds. The number of aliphatic carboxylic acids is 2. The van der Waals surface area contributed by atoms with Gasteiger partial charge in [0.05, 0.1) is 19.3 Å². The highest BCUT2D eigenvalue weighted by molar-refractivity contribution is 6.27. The number of carboxylic acids is 2. The van der Waals surface area contributed by atoms with Crippen molar-refractivity contribution in [3.05, 3.63) is 60.2 Å². The molecule has 3 rings (SSSR count). The number of carbonyl (C=O) groups excluding carboxylic acids is 1. The highest BCUT2D eigenvalue weighted by atomic mass is 16.5. The number of carboxylic acid groups (broad SMARTS) is 2. The Morgan fingerprint density at radius 2 is 1.53 bits per heavy atom. The molecule has 0 atom stereocenters. The molecule has 0 aromatic heterocycles. The van der Waals surface area contributed by atoms with E-state index in [9.17, 15) is 4.79 Å². The Hall–Kier alpha value is -3.43. The van der Waals surface area contributed by atoms with E-state index in [2.05, 4.69) is 17.0 Å². The molecular weight excluding hydrogens is 464 g/mol. The number of hydrogen-bond donors (Lipinski definition) is 2. The largest absolute Gasteiger partial charge is 0.497 e. The van der Waals surface area contributed by atoms with Crippen LogP contribution in [0.3, 0.4) is 0 Å². The van der Waals surface area contributed by atoms with Crippen molar-refractivity contribution in [1.82, 2.24) is 4.90 Å². The molecule has 0 saturated carbocycles. The normalized spacial score (nSPS) is 14.8. The van der Waals surface area contributed by atoms with Gasteiger partial charge in [-0.15, -0.1) is 0 Å². The minimum absolute atomic E-state index is 0.157. The van der Waals surface area contributed by atoms with Crippen molar-refractivity contribution in [2.75, 3.05) is 45.4 Å². The lowest BCUT2D eigenvalue weighted by molar-refractivity contribution is -0.159. The van der Waals surface area contributed by atoms with E-state index in [0.29, 0.717) is 13.0 Å². The maximum Gasteiger partial charge on any atom is 0.414 e. The van der Waals surface area contributed by atoms with E-state index in [1.54, 1.807) is 14.2 Å². The summed E-state index contributed by atoms with van der Waals surface area (Å²) in [5, 5.41) is 14.8. The number of para-hydroxylation sites is 1. The molecule has 1 saturated heterocycles. The highest BCUT2D eigenvalue weighted by Gasteiger charge is 2.42. The first-order chi connectivity index (χ1) is 17.3. The van der Waals surface area contributed by atoms with Crippen LogP contribution < -0.4 is 9.64 Å². The monoisotopic (exact) mass is 500 g/mol. The summed E-state index contributed by atoms with van der Waals surface area (Å²) in [5.74, 6) is -2.60. The number of ether oxygens (including phenoxy) is 2. The summed E-state index contributed by atoms with van der Waals surface area (Å²) >= 11 is 0. The van der Waals surface area contributed by atoms with Crippen molar-refractivity contribution >= 4 is 23.5 Å². The van der Waals surface area contributed by atoms with Gasteiger partial charge in [-0.25, -0.2) is 9.59 Å². The molecule has 0 radical (unpaired) electrons. The second-order valence-corrected chi connectivity index (χ2v) is 8.63. The number of anilines is 1. The molecule has 196 valence electrons. The molecule has 0 spiro atoms. The number of nitrogens with zero attached hydrogens (tertiary/aromatic N) is 2. The van der Waals surface area contributed by atoms with Gasteiger partial charge in [-0.1, -0.05) is 37.3 Å². The van der Waals surface area contributed by atoms with Crippen LogP contribution in [0, 0.1) is 0 Å². The zero-order valence-electron chi connectivity index (χ0n) is 21.2. The van der Waals surface area contributed by atoms with Crippen LogP contribution in [0.25, 0.3) is 0 Å². The molecule has 0 unspecified atom stereocenters. The number of amides is 1. The number of hydrogen-bond acceptors (Lipinski definition) is 6. The van der Waals surface area contributed by atoms with E-state index in [1.807, 2.05) is 54.3 Å².